The van der Waals surface area contributed by atoms with Crippen molar-refractivity contribution in [3.05, 3.63) is 107 Å². The number of halogens is 1. The van der Waals surface area contributed by atoms with Crippen LogP contribution in [0, 0.1) is 0 Å². The average Bonchev–Trinajstić information content (AvgIpc) is 3.35. The Hall–Kier alpha value is -3.71. The molecule has 0 aliphatic rings. The van der Waals surface area contributed by atoms with Gasteiger partial charge in [-0.15, -0.1) is 0 Å². The Kier molecular flexibility index (Phi) is 7.32. The highest BCUT2D eigenvalue weighted by Crippen LogP contribution is 2.21. The van der Waals surface area contributed by atoms with Crippen molar-refractivity contribution in [3.63, 3.8) is 0 Å². The summed E-state index contributed by atoms with van der Waals surface area (Å²) in [7, 11) is 0. The summed E-state index contributed by atoms with van der Waals surface area (Å²) >= 11 is 3.38. The van der Waals surface area contributed by atoms with E-state index in [9.17, 15) is 9.59 Å². The number of carbonyl (C=O) groups excluding carboxylic acids is 2. The number of nitrogens with zero attached hydrogens (tertiary/aromatic N) is 2. The molecule has 0 fully saturated rings. The molecule has 33 heavy (non-hydrogen) atoms. The van der Waals surface area contributed by atoms with Crippen molar-refractivity contribution in [1.82, 2.24) is 20.2 Å². The molecule has 4 aromatic rings. The van der Waals surface area contributed by atoms with Crippen LogP contribution >= 0.6 is 15.9 Å². The fourth-order valence-electron chi connectivity index (χ4n) is 3.49. The quantitative estimate of drug-likeness (QED) is 0.269. The second-order valence-electron chi connectivity index (χ2n) is 7.50. The number of carbonyl (C=O) groups is 2. The summed E-state index contributed by atoms with van der Waals surface area (Å²) in [6.07, 6.45) is 7.81. The van der Waals surface area contributed by atoms with Crippen LogP contribution in [0.4, 0.5) is 0 Å². The third-order valence-corrected chi connectivity index (χ3v) is 5.63. The lowest BCUT2D eigenvalue weighted by molar-refractivity contribution is -0.117. The van der Waals surface area contributed by atoms with Crippen LogP contribution in [0.2, 0.25) is 0 Å². The maximum Gasteiger partial charge on any atom is 0.267 e. The Labute approximate surface area is 200 Å². The van der Waals surface area contributed by atoms with Crippen molar-refractivity contribution >= 4 is 44.6 Å². The number of aryl methyl sites for hydroxylation is 1. The number of rotatable bonds is 8. The molecule has 7 heteroatoms. The first-order valence-electron chi connectivity index (χ1n) is 10.6. The van der Waals surface area contributed by atoms with Gasteiger partial charge in [0.05, 0.1) is 6.33 Å². The van der Waals surface area contributed by atoms with Gasteiger partial charge in [-0.05, 0) is 47.0 Å². The third kappa shape index (κ3) is 5.96. The van der Waals surface area contributed by atoms with Crippen LogP contribution in [0.5, 0.6) is 0 Å². The fraction of sp³-hybridized carbons (Fsp3) is 0.115. The van der Waals surface area contributed by atoms with Crippen molar-refractivity contribution in [3.8, 4) is 0 Å². The Bertz CT molecular complexity index is 1290. The number of imidazole rings is 1. The number of amides is 2. The number of benzene rings is 3. The molecule has 0 unspecified atom stereocenters. The molecule has 0 saturated carbocycles. The molecule has 1 aromatic heterocycles. The van der Waals surface area contributed by atoms with Gasteiger partial charge in [0, 0.05) is 35.5 Å². The van der Waals surface area contributed by atoms with Crippen molar-refractivity contribution in [2.45, 2.75) is 13.0 Å². The molecular formula is C26H23BrN4O2. The van der Waals surface area contributed by atoms with Gasteiger partial charge in [-0.1, -0.05) is 64.5 Å². The second-order valence-corrected chi connectivity index (χ2v) is 8.42. The Morgan fingerprint density at radius 1 is 1.03 bits per heavy atom. The second kappa shape index (κ2) is 10.7. The SMILES string of the molecule is O=C(NCCCn1ccnc1)/C(=C\c1cccc2ccccc12)NC(=O)c1cccc(Br)c1. The van der Waals surface area contributed by atoms with Crippen molar-refractivity contribution < 1.29 is 9.59 Å². The molecule has 2 N–H and O–H groups in total. The number of fused-ring (bicyclic) bond motifs is 1. The standard InChI is InChI=1S/C26H23BrN4O2/c27-22-10-4-9-21(16-22)25(32)30-24(26(33)29-12-5-14-31-15-13-28-18-31)17-20-8-3-7-19-6-1-2-11-23(19)20/h1-4,6-11,13,15-18H,5,12,14H2,(H,29,33)(H,30,32)/b24-17+. The minimum atomic E-state index is -0.351. The van der Waals surface area contributed by atoms with E-state index >= 15 is 0 Å². The van der Waals surface area contributed by atoms with E-state index in [0.29, 0.717) is 12.1 Å². The number of nitrogens with one attached hydrogen (secondary N) is 2. The highest BCUT2D eigenvalue weighted by Gasteiger charge is 2.15. The fourth-order valence-corrected chi connectivity index (χ4v) is 3.89. The van der Waals surface area contributed by atoms with Crippen LogP contribution in [-0.2, 0) is 11.3 Å². The van der Waals surface area contributed by atoms with E-state index in [1.807, 2.05) is 59.3 Å². The zero-order valence-corrected chi connectivity index (χ0v) is 19.5. The molecule has 2 amide bonds. The molecule has 6 nitrogen and oxygen atoms in total. The van der Waals surface area contributed by atoms with Gasteiger partial charge in [0.25, 0.3) is 11.8 Å². The Morgan fingerprint density at radius 3 is 2.67 bits per heavy atom. The summed E-state index contributed by atoms with van der Waals surface area (Å²) in [6, 6.07) is 20.9. The van der Waals surface area contributed by atoms with E-state index < -0.39 is 0 Å². The smallest absolute Gasteiger partial charge is 0.267 e. The van der Waals surface area contributed by atoms with Crippen LogP contribution in [0.15, 0.2) is 95.6 Å². The lowest BCUT2D eigenvalue weighted by atomic mass is 10.0. The summed E-state index contributed by atoms with van der Waals surface area (Å²) in [5.41, 5.74) is 1.51. The van der Waals surface area contributed by atoms with E-state index in [4.69, 9.17) is 0 Å². The van der Waals surface area contributed by atoms with Gasteiger partial charge in [-0.3, -0.25) is 9.59 Å². The predicted octanol–water partition coefficient (Wildman–Crippen LogP) is 4.78. The third-order valence-electron chi connectivity index (χ3n) is 5.14. The first-order valence-corrected chi connectivity index (χ1v) is 11.4. The molecule has 0 radical (unpaired) electrons. The van der Waals surface area contributed by atoms with Crippen LogP contribution in [-0.4, -0.2) is 27.9 Å². The van der Waals surface area contributed by atoms with E-state index in [-0.39, 0.29) is 17.5 Å². The molecule has 0 atom stereocenters. The Morgan fingerprint density at radius 2 is 1.85 bits per heavy atom. The van der Waals surface area contributed by atoms with Gasteiger partial charge < -0.3 is 15.2 Å². The summed E-state index contributed by atoms with van der Waals surface area (Å²) in [5, 5.41) is 7.78. The number of aromatic nitrogens is 2. The first-order chi connectivity index (χ1) is 16.1. The average molecular weight is 503 g/mol. The van der Waals surface area contributed by atoms with E-state index in [2.05, 4.69) is 31.5 Å². The van der Waals surface area contributed by atoms with Gasteiger partial charge in [-0.25, -0.2) is 4.98 Å². The predicted molar refractivity (Wildman–Crippen MR) is 133 cm³/mol. The minimum absolute atomic E-state index is 0.193. The van der Waals surface area contributed by atoms with Gasteiger partial charge in [0.1, 0.15) is 5.70 Å². The van der Waals surface area contributed by atoms with E-state index in [0.717, 1.165) is 33.8 Å². The molecule has 0 aliphatic heterocycles. The maximum absolute atomic E-state index is 13.1. The van der Waals surface area contributed by atoms with Crippen LogP contribution in [0.3, 0.4) is 0 Å². The molecular weight excluding hydrogens is 480 g/mol. The number of hydrogen-bond acceptors (Lipinski definition) is 3. The maximum atomic E-state index is 13.1. The molecule has 0 spiro atoms. The molecule has 0 bridgehead atoms. The lowest BCUT2D eigenvalue weighted by Crippen LogP contribution is -2.35. The monoisotopic (exact) mass is 502 g/mol. The molecule has 4 rings (SSSR count). The first kappa shape index (κ1) is 22.5. The normalized spacial score (nSPS) is 11.4. The van der Waals surface area contributed by atoms with E-state index in [1.54, 1.807) is 36.8 Å². The van der Waals surface area contributed by atoms with Gasteiger partial charge in [0.2, 0.25) is 0 Å². The van der Waals surface area contributed by atoms with Crippen LogP contribution in [0.1, 0.15) is 22.3 Å². The molecule has 3 aromatic carbocycles. The van der Waals surface area contributed by atoms with Gasteiger partial charge in [0.15, 0.2) is 0 Å². The van der Waals surface area contributed by atoms with E-state index in [1.165, 1.54) is 0 Å². The summed E-state index contributed by atoms with van der Waals surface area (Å²) < 4.78 is 2.74. The van der Waals surface area contributed by atoms with Crippen LogP contribution in [0.25, 0.3) is 16.8 Å². The van der Waals surface area contributed by atoms with Gasteiger partial charge >= 0.3 is 0 Å². The number of hydrogen-bond donors (Lipinski definition) is 2. The topological polar surface area (TPSA) is 76.0 Å². The van der Waals surface area contributed by atoms with Gasteiger partial charge in [-0.2, -0.15) is 0 Å². The highest BCUT2D eigenvalue weighted by molar-refractivity contribution is 9.10. The van der Waals surface area contributed by atoms with Crippen LogP contribution < -0.4 is 10.6 Å². The summed E-state index contributed by atoms with van der Waals surface area (Å²) in [6.45, 7) is 1.21. The minimum Gasteiger partial charge on any atom is -0.351 e. The van der Waals surface area contributed by atoms with Crippen molar-refractivity contribution in [1.29, 1.82) is 0 Å². The summed E-state index contributed by atoms with van der Waals surface area (Å²) in [4.78, 5) is 30.0. The van der Waals surface area contributed by atoms with Crippen molar-refractivity contribution in [2.75, 3.05) is 6.54 Å². The molecule has 0 saturated heterocycles. The molecule has 166 valence electrons. The summed E-state index contributed by atoms with van der Waals surface area (Å²) in [5.74, 6) is -0.687. The zero-order chi connectivity index (χ0) is 23.0. The largest absolute Gasteiger partial charge is 0.351 e. The molecule has 1 heterocycles. The highest BCUT2D eigenvalue weighted by atomic mass is 79.9. The lowest BCUT2D eigenvalue weighted by Gasteiger charge is -2.12. The van der Waals surface area contributed by atoms with Crippen molar-refractivity contribution in [2.24, 2.45) is 0 Å². The Balaban J connectivity index is 1.56. The molecule has 0 aliphatic carbocycles. The zero-order valence-electron chi connectivity index (χ0n) is 17.9.